The molecule has 0 spiro atoms. The Morgan fingerprint density at radius 2 is 1.83 bits per heavy atom. The van der Waals surface area contributed by atoms with Crippen molar-refractivity contribution in [2.45, 2.75) is 39.0 Å². The van der Waals surface area contributed by atoms with E-state index < -0.39 is 5.41 Å². The van der Waals surface area contributed by atoms with Crippen LogP contribution in [0.2, 0.25) is 0 Å². The van der Waals surface area contributed by atoms with Crippen LogP contribution >= 0.6 is 0 Å². The Kier molecular flexibility index (Phi) is 16.0. The van der Waals surface area contributed by atoms with Crippen molar-refractivity contribution >= 4 is 0 Å². The summed E-state index contributed by atoms with van der Waals surface area (Å²) in [7, 11) is 7.01. The van der Waals surface area contributed by atoms with Gasteiger partial charge in [0, 0.05) is 12.5 Å². The van der Waals surface area contributed by atoms with Gasteiger partial charge in [0.2, 0.25) is 0 Å². The van der Waals surface area contributed by atoms with Crippen molar-refractivity contribution in [3.63, 3.8) is 0 Å². The summed E-state index contributed by atoms with van der Waals surface area (Å²) < 4.78 is 15.1. The van der Waals surface area contributed by atoms with Crippen LogP contribution in [0, 0.1) is 22.7 Å². The second-order valence-electron chi connectivity index (χ2n) is 7.30. The van der Waals surface area contributed by atoms with E-state index in [0.29, 0.717) is 0 Å². The molecular formula is C25H40N2O3. The first-order valence-electron chi connectivity index (χ1n) is 10.5. The molecule has 30 heavy (non-hydrogen) atoms. The van der Waals surface area contributed by atoms with E-state index in [4.69, 9.17) is 14.2 Å². The van der Waals surface area contributed by atoms with Gasteiger partial charge in [-0.2, -0.15) is 5.26 Å². The fourth-order valence-electron chi connectivity index (χ4n) is 3.39. The first-order chi connectivity index (χ1) is 14.5. The normalized spacial score (nSPS) is 15.4. The number of nitrogens with zero attached hydrogens (tertiary/aromatic N) is 2. The summed E-state index contributed by atoms with van der Waals surface area (Å²) in [5.74, 6) is 0.0760. The third kappa shape index (κ3) is 10.9. The summed E-state index contributed by atoms with van der Waals surface area (Å²) in [6.07, 6.45) is 19.0. The van der Waals surface area contributed by atoms with Crippen LogP contribution < -0.4 is 0 Å². The van der Waals surface area contributed by atoms with E-state index in [2.05, 4.69) is 31.5 Å². The molecule has 0 aromatic heterocycles. The molecule has 0 heterocycles. The first-order valence-corrected chi connectivity index (χ1v) is 10.5. The maximum Gasteiger partial charge on any atom is 0.0824 e. The Labute approximate surface area is 184 Å². The van der Waals surface area contributed by atoms with Gasteiger partial charge in [-0.05, 0) is 69.5 Å². The molecule has 0 aliphatic rings. The lowest BCUT2D eigenvalue weighted by atomic mass is 9.70. The third-order valence-corrected chi connectivity index (χ3v) is 5.36. The first kappa shape index (κ1) is 27.5. The molecule has 0 saturated heterocycles. The van der Waals surface area contributed by atoms with Gasteiger partial charge >= 0.3 is 0 Å². The summed E-state index contributed by atoms with van der Waals surface area (Å²) in [6.45, 7) is 7.85. The number of nitriles is 1. The molecule has 5 heteroatoms. The van der Waals surface area contributed by atoms with E-state index in [0.717, 1.165) is 45.2 Å². The Hall–Kier alpha value is -2.45. The standard InChI is InChI=1S/C25H40N2O3/c1-7-23(12-9-19-28-4)14-18-27(3)17-11-16-25(8-2,22-26)24(15-21-30-6)13-10-20-29-5/h7,9-10,12,15,19-21,24H,1,8,11,13-14,16-18H2,2-6H3/b19-9+,20-10+,21-15+,23-12+. The van der Waals surface area contributed by atoms with Crippen LogP contribution in [0.25, 0.3) is 0 Å². The monoisotopic (exact) mass is 416 g/mol. The highest BCUT2D eigenvalue weighted by Crippen LogP contribution is 2.39. The highest BCUT2D eigenvalue weighted by Gasteiger charge is 2.35. The zero-order valence-electron chi connectivity index (χ0n) is 19.5. The Morgan fingerprint density at radius 1 is 1.13 bits per heavy atom. The molecule has 5 nitrogen and oxygen atoms in total. The molecule has 168 valence electrons. The minimum atomic E-state index is -0.426. The number of methoxy groups -OCH3 is 3. The lowest BCUT2D eigenvalue weighted by Gasteiger charge is -2.32. The smallest absolute Gasteiger partial charge is 0.0824 e. The Morgan fingerprint density at radius 3 is 2.40 bits per heavy atom. The van der Waals surface area contributed by atoms with E-state index in [1.807, 2.05) is 30.4 Å². The maximum atomic E-state index is 10.1. The van der Waals surface area contributed by atoms with Crippen LogP contribution in [0.3, 0.4) is 0 Å². The Bertz CT molecular complexity index is 616. The second-order valence-corrected chi connectivity index (χ2v) is 7.30. The lowest BCUT2D eigenvalue weighted by Crippen LogP contribution is -2.29. The third-order valence-electron chi connectivity index (χ3n) is 5.36. The maximum absolute atomic E-state index is 10.1. The minimum absolute atomic E-state index is 0.0760. The largest absolute Gasteiger partial charge is 0.505 e. The zero-order chi connectivity index (χ0) is 22.7. The molecule has 0 radical (unpaired) electrons. The van der Waals surface area contributed by atoms with Gasteiger partial charge in [0.15, 0.2) is 0 Å². The summed E-state index contributed by atoms with van der Waals surface area (Å²) in [5.41, 5.74) is 0.746. The van der Waals surface area contributed by atoms with Gasteiger partial charge < -0.3 is 19.1 Å². The molecule has 0 saturated carbocycles. The second kappa shape index (κ2) is 17.4. The van der Waals surface area contributed by atoms with Crippen LogP contribution in [0.1, 0.15) is 39.0 Å². The number of ether oxygens (including phenoxy) is 3. The summed E-state index contributed by atoms with van der Waals surface area (Å²) in [4.78, 5) is 2.31. The van der Waals surface area contributed by atoms with Crippen LogP contribution in [-0.4, -0.2) is 46.4 Å². The predicted octanol–water partition coefficient (Wildman–Crippen LogP) is 5.61. The van der Waals surface area contributed by atoms with Gasteiger partial charge in [-0.15, -0.1) is 0 Å². The summed E-state index contributed by atoms with van der Waals surface area (Å²) in [5, 5.41) is 10.1. The van der Waals surface area contributed by atoms with E-state index in [9.17, 15) is 5.26 Å². The average molecular weight is 417 g/mol. The van der Waals surface area contributed by atoms with E-state index in [1.54, 1.807) is 40.1 Å². The molecule has 0 aromatic carbocycles. The minimum Gasteiger partial charge on any atom is -0.505 e. The predicted molar refractivity (Wildman–Crippen MR) is 125 cm³/mol. The molecule has 0 N–H and O–H groups in total. The van der Waals surface area contributed by atoms with Crippen molar-refractivity contribution in [2.24, 2.45) is 11.3 Å². The molecular weight excluding hydrogens is 376 g/mol. The van der Waals surface area contributed by atoms with Crippen molar-refractivity contribution in [3.05, 3.63) is 61.3 Å². The molecule has 0 fully saturated rings. The summed E-state index contributed by atoms with van der Waals surface area (Å²) >= 11 is 0. The van der Waals surface area contributed by atoms with Gasteiger partial charge in [-0.1, -0.05) is 25.7 Å². The van der Waals surface area contributed by atoms with Crippen molar-refractivity contribution in [3.8, 4) is 6.07 Å². The number of rotatable bonds is 17. The average Bonchev–Trinajstić information content (AvgIpc) is 2.76. The van der Waals surface area contributed by atoms with Crippen LogP contribution in [0.4, 0.5) is 0 Å². The van der Waals surface area contributed by atoms with Crippen molar-refractivity contribution in [1.29, 1.82) is 5.26 Å². The molecule has 0 aliphatic heterocycles. The van der Waals surface area contributed by atoms with Crippen LogP contribution in [-0.2, 0) is 14.2 Å². The van der Waals surface area contributed by atoms with Crippen molar-refractivity contribution in [2.75, 3.05) is 41.5 Å². The number of hydrogen-bond donors (Lipinski definition) is 0. The molecule has 0 aliphatic carbocycles. The topological polar surface area (TPSA) is 54.7 Å². The number of hydrogen-bond acceptors (Lipinski definition) is 5. The fraction of sp³-hybridized carbons (Fsp3) is 0.560. The van der Waals surface area contributed by atoms with E-state index in [-0.39, 0.29) is 5.92 Å². The van der Waals surface area contributed by atoms with Gasteiger partial charge in [-0.3, -0.25) is 0 Å². The molecule has 0 bridgehead atoms. The molecule has 0 aromatic rings. The molecule has 0 rings (SSSR count). The van der Waals surface area contributed by atoms with Gasteiger partial charge in [0.05, 0.1) is 51.6 Å². The van der Waals surface area contributed by atoms with Gasteiger partial charge in [-0.25, -0.2) is 0 Å². The van der Waals surface area contributed by atoms with E-state index >= 15 is 0 Å². The lowest BCUT2D eigenvalue weighted by molar-refractivity contribution is 0.223. The van der Waals surface area contributed by atoms with Gasteiger partial charge in [0.25, 0.3) is 0 Å². The van der Waals surface area contributed by atoms with Crippen molar-refractivity contribution in [1.82, 2.24) is 4.90 Å². The SMILES string of the molecule is C=C/C(=C\C=C\OC)CCN(C)CCCC(C#N)(CC)C(/C=C/OC)C/C=C/OC. The van der Waals surface area contributed by atoms with Crippen LogP contribution in [0.15, 0.2) is 61.3 Å². The molecule has 0 amide bonds. The zero-order valence-corrected chi connectivity index (χ0v) is 19.5. The van der Waals surface area contributed by atoms with Crippen molar-refractivity contribution < 1.29 is 14.2 Å². The number of allylic oxidation sites excluding steroid dienone is 5. The summed E-state index contributed by atoms with van der Waals surface area (Å²) in [6, 6.07) is 2.62. The van der Waals surface area contributed by atoms with Crippen LogP contribution in [0.5, 0.6) is 0 Å². The Balaban J connectivity index is 4.90. The fourth-order valence-corrected chi connectivity index (χ4v) is 3.39. The quantitative estimate of drug-likeness (QED) is 0.228. The molecule has 2 atom stereocenters. The molecule has 2 unspecified atom stereocenters. The highest BCUT2D eigenvalue weighted by molar-refractivity contribution is 5.21. The highest BCUT2D eigenvalue weighted by atomic mass is 16.5. The van der Waals surface area contributed by atoms with Gasteiger partial charge in [0.1, 0.15) is 0 Å². The van der Waals surface area contributed by atoms with E-state index in [1.165, 1.54) is 5.57 Å².